The second-order valence-corrected chi connectivity index (χ2v) is 6.71. The van der Waals surface area contributed by atoms with Gasteiger partial charge in [0.15, 0.2) is 11.5 Å². The molecule has 1 unspecified atom stereocenters. The summed E-state index contributed by atoms with van der Waals surface area (Å²) in [6.45, 7) is 0.614. The van der Waals surface area contributed by atoms with Crippen molar-refractivity contribution in [3.8, 4) is 11.5 Å². The number of imide groups is 1. The molecule has 0 radical (unpaired) electrons. The van der Waals surface area contributed by atoms with E-state index in [9.17, 15) is 14.4 Å². The van der Waals surface area contributed by atoms with Gasteiger partial charge in [-0.2, -0.15) is 0 Å². The second-order valence-electron chi connectivity index (χ2n) is 6.71. The summed E-state index contributed by atoms with van der Waals surface area (Å²) in [5.74, 6) is 0.497. The van der Waals surface area contributed by atoms with Crippen LogP contribution in [0.25, 0.3) is 0 Å². The van der Waals surface area contributed by atoms with E-state index in [-0.39, 0.29) is 25.7 Å². The van der Waals surface area contributed by atoms with Gasteiger partial charge in [0.05, 0.1) is 19.5 Å². The van der Waals surface area contributed by atoms with E-state index >= 15 is 0 Å². The molecule has 1 atom stereocenters. The fourth-order valence-corrected chi connectivity index (χ4v) is 3.21. The van der Waals surface area contributed by atoms with Gasteiger partial charge in [0, 0.05) is 18.9 Å². The van der Waals surface area contributed by atoms with Gasteiger partial charge < -0.3 is 24.7 Å². The van der Waals surface area contributed by atoms with E-state index < -0.39 is 18.0 Å². The van der Waals surface area contributed by atoms with Crippen molar-refractivity contribution in [3.05, 3.63) is 47.8 Å². The van der Waals surface area contributed by atoms with Gasteiger partial charge in [-0.25, -0.2) is 4.79 Å². The summed E-state index contributed by atoms with van der Waals surface area (Å²) in [5, 5.41) is 5.35. The van der Waals surface area contributed by atoms with E-state index in [0.29, 0.717) is 18.0 Å². The Bertz CT molecular complexity index is 938. The number of aryl methyl sites for hydroxylation is 1. The summed E-state index contributed by atoms with van der Waals surface area (Å²) in [6.07, 6.45) is 1.78. The number of hydrogen-bond donors (Lipinski definition) is 2. The lowest BCUT2D eigenvalue weighted by atomic mass is 10.1. The molecule has 2 aliphatic rings. The van der Waals surface area contributed by atoms with Crippen molar-refractivity contribution in [3.63, 3.8) is 0 Å². The van der Waals surface area contributed by atoms with E-state index in [1.165, 1.54) is 0 Å². The number of urea groups is 1. The first-order valence-corrected chi connectivity index (χ1v) is 8.88. The van der Waals surface area contributed by atoms with E-state index in [0.717, 1.165) is 16.2 Å². The fourth-order valence-electron chi connectivity index (χ4n) is 3.21. The van der Waals surface area contributed by atoms with Gasteiger partial charge in [-0.3, -0.25) is 14.5 Å². The molecule has 0 spiro atoms. The first kappa shape index (κ1) is 17.9. The van der Waals surface area contributed by atoms with E-state index in [4.69, 9.17) is 9.47 Å². The molecule has 2 N–H and O–H groups in total. The number of hydrogen-bond acceptors (Lipinski definition) is 5. The highest BCUT2D eigenvalue weighted by Gasteiger charge is 2.39. The molecule has 2 aromatic rings. The van der Waals surface area contributed by atoms with Crippen LogP contribution in [0.3, 0.4) is 0 Å². The predicted molar refractivity (Wildman–Crippen MR) is 97.3 cm³/mol. The van der Waals surface area contributed by atoms with Crippen molar-refractivity contribution < 1.29 is 23.9 Å². The van der Waals surface area contributed by atoms with Crippen LogP contribution < -0.4 is 20.1 Å². The molecular weight excluding hydrogens is 364 g/mol. The lowest BCUT2D eigenvalue weighted by Crippen LogP contribution is -2.36. The number of amides is 4. The Hall–Kier alpha value is -3.49. The molecule has 2 aliphatic heterocycles. The molecular formula is C19H20N4O5. The highest BCUT2D eigenvalue weighted by atomic mass is 16.7. The standard InChI is InChI=1S/C19H20N4O5/c1-22-6-2-3-13(22)9-20-17(24)8-14-18(25)23(19(26)21-14)10-12-4-5-15-16(7-12)28-11-27-15/h2-7,14H,8-11H2,1H3,(H,20,24)(H,21,26). The van der Waals surface area contributed by atoms with Crippen molar-refractivity contribution in [2.45, 2.75) is 25.6 Å². The molecule has 9 nitrogen and oxygen atoms in total. The number of carbonyl (C=O) groups is 3. The highest BCUT2D eigenvalue weighted by Crippen LogP contribution is 2.33. The Kier molecular flexibility index (Phi) is 4.64. The van der Waals surface area contributed by atoms with Crippen LogP contribution in [-0.2, 0) is 29.7 Å². The molecule has 0 saturated carbocycles. The monoisotopic (exact) mass is 384 g/mol. The predicted octanol–water partition coefficient (Wildman–Crippen LogP) is 0.881. The van der Waals surface area contributed by atoms with Crippen LogP contribution in [0.4, 0.5) is 4.79 Å². The Morgan fingerprint density at radius 1 is 1.25 bits per heavy atom. The van der Waals surface area contributed by atoms with Gasteiger partial charge >= 0.3 is 6.03 Å². The number of benzene rings is 1. The molecule has 0 bridgehead atoms. The molecule has 1 aromatic heterocycles. The Labute approximate surface area is 161 Å². The number of carbonyl (C=O) groups excluding carboxylic acids is 3. The molecule has 9 heteroatoms. The zero-order chi connectivity index (χ0) is 19.7. The van der Waals surface area contributed by atoms with Crippen LogP contribution in [-0.4, -0.2) is 40.1 Å². The maximum atomic E-state index is 12.6. The number of rotatable bonds is 6. The van der Waals surface area contributed by atoms with Gasteiger partial charge in [0.2, 0.25) is 12.7 Å². The lowest BCUT2D eigenvalue weighted by Gasteiger charge is -2.13. The molecule has 4 rings (SSSR count). The first-order chi connectivity index (χ1) is 13.5. The van der Waals surface area contributed by atoms with Gasteiger partial charge in [0.1, 0.15) is 6.04 Å². The van der Waals surface area contributed by atoms with Crippen molar-refractivity contribution >= 4 is 17.8 Å². The van der Waals surface area contributed by atoms with Crippen molar-refractivity contribution in [2.24, 2.45) is 7.05 Å². The normalized spacial score (nSPS) is 17.8. The third-order valence-corrected chi connectivity index (χ3v) is 4.79. The zero-order valence-electron chi connectivity index (χ0n) is 15.3. The Morgan fingerprint density at radius 3 is 2.86 bits per heavy atom. The van der Waals surface area contributed by atoms with E-state index in [1.54, 1.807) is 18.2 Å². The first-order valence-electron chi connectivity index (χ1n) is 8.88. The summed E-state index contributed by atoms with van der Waals surface area (Å²) >= 11 is 0. The number of nitrogens with zero attached hydrogens (tertiary/aromatic N) is 2. The molecule has 146 valence electrons. The van der Waals surface area contributed by atoms with Crippen LogP contribution in [0.15, 0.2) is 36.5 Å². The molecule has 3 heterocycles. The van der Waals surface area contributed by atoms with Crippen LogP contribution in [0.5, 0.6) is 11.5 Å². The van der Waals surface area contributed by atoms with Crippen LogP contribution in [0.2, 0.25) is 0 Å². The summed E-state index contributed by atoms with van der Waals surface area (Å²) in [7, 11) is 1.89. The number of fused-ring (bicyclic) bond motifs is 1. The average Bonchev–Trinajstić information content (AvgIpc) is 3.36. The van der Waals surface area contributed by atoms with Gasteiger partial charge in [-0.15, -0.1) is 0 Å². The maximum absolute atomic E-state index is 12.6. The molecule has 4 amide bonds. The molecule has 1 aromatic carbocycles. The number of ether oxygens (including phenoxy) is 2. The number of nitrogens with one attached hydrogen (secondary N) is 2. The summed E-state index contributed by atoms with van der Waals surface area (Å²) < 4.78 is 12.5. The van der Waals surface area contributed by atoms with Gasteiger partial charge in [0.25, 0.3) is 5.91 Å². The third kappa shape index (κ3) is 3.51. The Morgan fingerprint density at radius 2 is 2.07 bits per heavy atom. The van der Waals surface area contributed by atoms with Crippen LogP contribution >= 0.6 is 0 Å². The van der Waals surface area contributed by atoms with E-state index in [1.807, 2.05) is 29.9 Å². The topological polar surface area (TPSA) is 102 Å². The van der Waals surface area contributed by atoms with Crippen molar-refractivity contribution in [1.29, 1.82) is 0 Å². The zero-order valence-corrected chi connectivity index (χ0v) is 15.3. The molecule has 0 aliphatic carbocycles. The highest BCUT2D eigenvalue weighted by molar-refractivity contribution is 6.05. The second kappa shape index (κ2) is 7.26. The molecule has 28 heavy (non-hydrogen) atoms. The summed E-state index contributed by atoms with van der Waals surface area (Å²) in [6, 6.07) is 7.66. The van der Waals surface area contributed by atoms with Crippen molar-refractivity contribution in [1.82, 2.24) is 20.1 Å². The van der Waals surface area contributed by atoms with Crippen LogP contribution in [0, 0.1) is 0 Å². The third-order valence-electron chi connectivity index (χ3n) is 4.79. The van der Waals surface area contributed by atoms with Crippen molar-refractivity contribution in [2.75, 3.05) is 6.79 Å². The average molecular weight is 384 g/mol. The quantitative estimate of drug-likeness (QED) is 0.720. The van der Waals surface area contributed by atoms with Crippen LogP contribution in [0.1, 0.15) is 17.7 Å². The minimum absolute atomic E-state index is 0.1000. The van der Waals surface area contributed by atoms with Gasteiger partial charge in [-0.05, 0) is 29.8 Å². The smallest absolute Gasteiger partial charge is 0.325 e. The minimum atomic E-state index is -0.866. The molecule has 1 saturated heterocycles. The largest absolute Gasteiger partial charge is 0.454 e. The van der Waals surface area contributed by atoms with E-state index in [2.05, 4.69) is 10.6 Å². The summed E-state index contributed by atoms with van der Waals surface area (Å²) in [4.78, 5) is 38.1. The number of aromatic nitrogens is 1. The van der Waals surface area contributed by atoms with Gasteiger partial charge in [-0.1, -0.05) is 6.07 Å². The Balaban J connectivity index is 1.34. The lowest BCUT2D eigenvalue weighted by molar-refractivity contribution is -0.131. The summed E-state index contributed by atoms with van der Waals surface area (Å²) in [5.41, 5.74) is 1.68. The molecule has 1 fully saturated rings. The maximum Gasteiger partial charge on any atom is 0.325 e. The minimum Gasteiger partial charge on any atom is -0.454 e. The fraction of sp³-hybridized carbons (Fsp3) is 0.316. The SMILES string of the molecule is Cn1cccc1CNC(=O)CC1NC(=O)N(Cc2ccc3c(c2)OCO3)C1=O.